The molecule has 3 N–H and O–H groups in total. The van der Waals surface area contributed by atoms with Crippen molar-refractivity contribution in [3.63, 3.8) is 0 Å². The smallest absolute Gasteiger partial charge is 0.226 e. The van der Waals surface area contributed by atoms with E-state index in [9.17, 15) is 9.59 Å². The minimum Gasteiger partial charge on any atom is -0.356 e. The second-order valence-electron chi connectivity index (χ2n) is 5.56. The molecule has 19 heavy (non-hydrogen) atoms. The molecule has 0 bridgehead atoms. The van der Waals surface area contributed by atoms with Crippen molar-refractivity contribution in [2.45, 2.75) is 46.1 Å². The zero-order chi connectivity index (χ0) is 14.4. The number of piperidine rings is 1. The van der Waals surface area contributed by atoms with Gasteiger partial charge in [0, 0.05) is 25.7 Å². The number of hydrogen-bond acceptors (Lipinski definition) is 3. The number of nitrogens with one attached hydrogen (secondary N) is 1. The summed E-state index contributed by atoms with van der Waals surface area (Å²) in [5, 5.41) is 2.91. The van der Waals surface area contributed by atoms with E-state index in [1.807, 2.05) is 20.8 Å². The predicted octanol–water partition coefficient (Wildman–Crippen LogP) is 0.735. The molecule has 5 nitrogen and oxygen atoms in total. The molecule has 1 fully saturated rings. The van der Waals surface area contributed by atoms with Crippen LogP contribution in [0.25, 0.3) is 0 Å². The van der Waals surface area contributed by atoms with Gasteiger partial charge in [-0.2, -0.15) is 0 Å². The maximum atomic E-state index is 12.2. The molecule has 1 saturated heterocycles. The van der Waals surface area contributed by atoms with Gasteiger partial charge in [0.2, 0.25) is 11.8 Å². The number of amides is 2. The molecule has 0 spiro atoms. The Bertz CT molecular complexity index is 318. The van der Waals surface area contributed by atoms with E-state index in [1.165, 1.54) is 0 Å². The summed E-state index contributed by atoms with van der Waals surface area (Å²) in [4.78, 5) is 26.0. The molecule has 0 aliphatic carbocycles. The molecule has 0 aromatic carbocycles. The van der Waals surface area contributed by atoms with Gasteiger partial charge in [0.15, 0.2) is 0 Å². The third kappa shape index (κ3) is 4.49. The zero-order valence-corrected chi connectivity index (χ0v) is 12.3. The largest absolute Gasteiger partial charge is 0.356 e. The van der Waals surface area contributed by atoms with Crippen molar-refractivity contribution in [1.29, 1.82) is 0 Å². The summed E-state index contributed by atoms with van der Waals surface area (Å²) in [6.07, 6.45) is 2.69. The molecule has 1 heterocycles. The Kier molecular flexibility index (Phi) is 6.28. The molecule has 1 rings (SSSR count). The molecule has 0 radical (unpaired) electrons. The van der Waals surface area contributed by atoms with Crippen LogP contribution in [-0.4, -0.2) is 42.4 Å². The van der Waals surface area contributed by atoms with Crippen LogP contribution in [0.3, 0.4) is 0 Å². The van der Waals surface area contributed by atoms with Gasteiger partial charge < -0.3 is 16.0 Å². The predicted molar refractivity (Wildman–Crippen MR) is 75.4 cm³/mol. The molecule has 0 aromatic rings. The van der Waals surface area contributed by atoms with Crippen LogP contribution in [0.4, 0.5) is 0 Å². The minimum absolute atomic E-state index is 0.0652. The van der Waals surface area contributed by atoms with Gasteiger partial charge in [-0.1, -0.05) is 13.8 Å². The lowest BCUT2D eigenvalue weighted by Crippen LogP contribution is -2.49. The first-order chi connectivity index (χ1) is 8.97. The topological polar surface area (TPSA) is 75.4 Å². The van der Waals surface area contributed by atoms with Crippen molar-refractivity contribution in [2.24, 2.45) is 17.6 Å². The quantitative estimate of drug-likeness (QED) is 0.773. The van der Waals surface area contributed by atoms with Crippen molar-refractivity contribution in [3.05, 3.63) is 0 Å². The number of hydrogen-bond donors (Lipinski definition) is 2. The second kappa shape index (κ2) is 7.48. The molecule has 2 amide bonds. The average Bonchev–Trinajstić information content (AvgIpc) is 2.43. The standard InChI is InChI=1S/C14H27N3O2/c1-4-7-16-13(18)12-6-5-8-17(9-12)14(19)10(2)11(3)15/h10-12H,4-9,15H2,1-3H3,(H,16,18). The van der Waals surface area contributed by atoms with Crippen molar-refractivity contribution >= 4 is 11.8 Å². The molecular weight excluding hydrogens is 242 g/mol. The highest BCUT2D eigenvalue weighted by atomic mass is 16.2. The summed E-state index contributed by atoms with van der Waals surface area (Å²) in [6.45, 7) is 7.71. The number of rotatable bonds is 5. The first-order valence-electron chi connectivity index (χ1n) is 7.29. The average molecular weight is 269 g/mol. The van der Waals surface area contributed by atoms with Gasteiger partial charge in [0.1, 0.15) is 0 Å². The molecule has 1 aliphatic rings. The van der Waals surface area contributed by atoms with Gasteiger partial charge in [-0.25, -0.2) is 0 Å². The third-order valence-electron chi connectivity index (χ3n) is 3.83. The summed E-state index contributed by atoms with van der Waals surface area (Å²) >= 11 is 0. The van der Waals surface area contributed by atoms with Crippen molar-refractivity contribution < 1.29 is 9.59 Å². The zero-order valence-electron chi connectivity index (χ0n) is 12.3. The number of carbonyl (C=O) groups excluding carboxylic acids is 2. The molecular formula is C14H27N3O2. The van der Waals surface area contributed by atoms with Crippen LogP contribution in [0.15, 0.2) is 0 Å². The fourth-order valence-electron chi connectivity index (χ4n) is 2.30. The van der Waals surface area contributed by atoms with E-state index in [4.69, 9.17) is 5.73 Å². The lowest BCUT2D eigenvalue weighted by molar-refractivity contribution is -0.139. The van der Waals surface area contributed by atoms with Crippen molar-refractivity contribution in [2.75, 3.05) is 19.6 Å². The maximum absolute atomic E-state index is 12.2. The van der Waals surface area contributed by atoms with Gasteiger partial charge in [-0.05, 0) is 26.2 Å². The molecule has 3 unspecified atom stereocenters. The Hall–Kier alpha value is -1.10. The van der Waals surface area contributed by atoms with Crippen molar-refractivity contribution in [1.82, 2.24) is 10.2 Å². The first kappa shape index (κ1) is 16.0. The van der Waals surface area contributed by atoms with E-state index in [0.29, 0.717) is 13.1 Å². The summed E-state index contributed by atoms with van der Waals surface area (Å²) < 4.78 is 0. The second-order valence-corrected chi connectivity index (χ2v) is 5.56. The monoisotopic (exact) mass is 269 g/mol. The maximum Gasteiger partial charge on any atom is 0.226 e. The van der Waals surface area contributed by atoms with Gasteiger partial charge in [-0.3, -0.25) is 9.59 Å². The van der Waals surface area contributed by atoms with Crippen LogP contribution in [-0.2, 0) is 9.59 Å². The van der Waals surface area contributed by atoms with E-state index in [1.54, 1.807) is 4.90 Å². The normalized spacial score (nSPS) is 22.7. The van der Waals surface area contributed by atoms with Crippen LogP contribution in [0.1, 0.15) is 40.0 Å². The summed E-state index contributed by atoms with van der Waals surface area (Å²) in [6, 6.07) is -0.151. The highest BCUT2D eigenvalue weighted by molar-refractivity contribution is 5.82. The Morgan fingerprint density at radius 3 is 2.68 bits per heavy atom. The Labute approximate surface area is 115 Å². The van der Waals surface area contributed by atoms with Crippen LogP contribution in [0.2, 0.25) is 0 Å². The van der Waals surface area contributed by atoms with E-state index in [-0.39, 0.29) is 29.7 Å². The minimum atomic E-state index is -0.183. The Morgan fingerprint density at radius 2 is 2.11 bits per heavy atom. The third-order valence-corrected chi connectivity index (χ3v) is 3.83. The van der Waals surface area contributed by atoms with Crippen LogP contribution in [0, 0.1) is 11.8 Å². The summed E-state index contributed by atoms with van der Waals surface area (Å²) in [5.41, 5.74) is 5.78. The molecule has 1 aliphatic heterocycles. The number of nitrogens with zero attached hydrogens (tertiary/aromatic N) is 1. The van der Waals surface area contributed by atoms with E-state index >= 15 is 0 Å². The molecule has 0 saturated carbocycles. The van der Waals surface area contributed by atoms with Gasteiger partial charge in [-0.15, -0.1) is 0 Å². The fraction of sp³-hybridized carbons (Fsp3) is 0.857. The van der Waals surface area contributed by atoms with Crippen LogP contribution in [0.5, 0.6) is 0 Å². The van der Waals surface area contributed by atoms with Gasteiger partial charge in [0.25, 0.3) is 0 Å². The number of likely N-dealkylation sites (tertiary alicyclic amines) is 1. The molecule has 5 heteroatoms. The van der Waals surface area contributed by atoms with Crippen LogP contribution < -0.4 is 11.1 Å². The number of carbonyl (C=O) groups is 2. The highest BCUT2D eigenvalue weighted by Gasteiger charge is 2.31. The summed E-state index contributed by atoms with van der Waals surface area (Å²) in [7, 11) is 0. The SMILES string of the molecule is CCCNC(=O)C1CCCN(C(=O)C(C)C(C)N)C1. The first-order valence-corrected chi connectivity index (χ1v) is 7.29. The van der Waals surface area contributed by atoms with Crippen LogP contribution >= 0.6 is 0 Å². The molecule has 3 atom stereocenters. The summed E-state index contributed by atoms with van der Waals surface area (Å²) in [5.74, 6) is -0.0993. The fourth-order valence-corrected chi connectivity index (χ4v) is 2.30. The van der Waals surface area contributed by atoms with E-state index < -0.39 is 0 Å². The van der Waals surface area contributed by atoms with Gasteiger partial charge >= 0.3 is 0 Å². The lowest BCUT2D eigenvalue weighted by Gasteiger charge is -2.34. The number of nitrogens with two attached hydrogens (primary N) is 1. The highest BCUT2D eigenvalue weighted by Crippen LogP contribution is 2.19. The van der Waals surface area contributed by atoms with Crippen molar-refractivity contribution in [3.8, 4) is 0 Å². The van der Waals surface area contributed by atoms with E-state index in [2.05, 4.69) is 5.32 Å². The lowest BCUT2D eigenvalue weighted by atomic mass is 9.94. The molecule has 0 aromatic heterocycles. The molecule has 110 valence electrons. The Morgan fingerprint density at radius 1 is 1.42 bits per heavy atom. The Balaban J connectivity index is 2.54. The van der Waals surface area contributed by atoms with E-state index in [0.717, 1.165) is 25.8 Å². The van der Waals surface area contributed by atoms with Gasteiger partial charge in [0.05, 0.1) is 11.8 Å².